The molecule has 2 aromatic rings. The monoisotopic (exact) mass is 498 g/mol. The lowest BCUT2D eigenvalue weighted by molar-refractivity contribution is -0.155. The molecule has 0 fully saturated rings. The van der Waals surface area contributed by atoms with Crippen LogP contribution < -0.4 is 10.2 Å². The van der Waals surface area contributed by atoms with E-state index in [4.69, 9.17) is 29.1 Å². The number of aliphatic imine (C=N–C) groups is 1. The molecule has 0 saturated carbocycles. The molecule has 1 amide bonds. The van der Waals surface area contributed by atoms with Crippen molar-refractivity contribution in [3.63, 3.8) is 0 Å². The van der Waals surface area contributed by atoms with E-state index in [1.807, 2.05) is 30.3 Å². The van der Waals surface area contributed by atoms with Crippen LogP contribution in [0, 0.1) is 0 Å². The van der Waals surface area contributed by atoms with Gasteiger partial charge < -0.3 is 19.3 Å². The lowest BCUT2D eigenvalue weighted by Gasteiger charge is -2.30. The van der Waals surface area contributed by atoms with Crippen molar-refractivity contribution >= 4 is 17.8 Å². The van der Waals surface area contributed by atoms with Crippen molar-refractivity contribution in [3.8, 4) is 5.75 Å². The van der Waals surface area contributed by atoms with Crippen LogP contribution in [0.25, 0.3) is 0 Å². The standard InChI is InChI=1S/C27H34N2O7/c1-26(2,3)36-22(31)15-16-27(25(32)29-33-4)23(19-9-6-5-7-10-19)35-24(28-27)20-11-13-21(14-12-20)34-18-8-17-30/h5-7,9-14,23,30H,8,15-18H2,1-4H3,(H,29,32)/t23-,27-/m0/s1. The first-order chi connectivity index (χ1) is 17.2. The number of rotatable bonds is 11. The zero-order valence-electron chi connectivity index (χ0n) is 21.2. The van der Waals surface area contributed by atoms with Crippen LogP contribution in [0.3, 0.4) is 0 Å². The van der Waals surface area contributed by atoms with E-state index in [-0.39, 0.29) is 25.3 Å². The number of benzene rings is 2. The van der Waals surface area contributed by atoms with Crippen LogP contribution in [-0.4, -0.2) is 54.3 Å². The molecule has 1 aliphatic heterocycles. The van der Waals surface area contributed by atoms with E-state index in [1.54, 1.807) is 45.0 Å². The number of nitrogens with zero attached hydrogens (tertiary/aromatic N) is 1. The summed E-state index contributed by atoms with van der Waals surface area (Å²) in [5.41, 5.74) is 1.65. The zero-order chi connectivity index (χ0) is 26.2. The van der Waals surface area contributed by atoms with Crippen LogP contribution in [0.1, 0.15) is 57.3 Å². The second-order valence-electron chi connectivity index (χ2n) is 9.42. The number of amides is 1. The van der Waals surface area contributed by atoms with Gasteiger partial charge in [0.2, 0.25) is 5.90 Å². The van der Waals surface area contributed by atoms with Crippen LogP contribution in [0.2, 0.25) is 0 Å². The van der Waals surface area contributed by atoms with E-state index in [0.717, 1.165) is 5.56 Å². The Balaban J connectivity index is 1.96. The lowest BCUT2D eigenvalue weighted by atomic mass is 9.83. The number of hydrogen-bond acceptors (Lipinski definition) is 8. The van der Waals surface area contributed by atoms with Crippen LogP contribution >= 0.6 is 0 Å². The summed E-state index contributed by atoms with van der Waals surface area (Å²) in [6.45, 7) is 5.82. The molecule has 1 aliphatic rings. The number of ether oxygens (including phenoxy) is 3. The van der Waals surface area contributed by atoms with Gasteiger partial charge in [-0.25, -0.2) is 10.5 Å². The predicted octanol–water partition coefficient (Wildman–Crippen LogP) is 3.50. The Labute approximate surface area is 211 Å². The molecular formula is C27H34N2O7. The maximum Gasteiger partial charge on any atom is 0.306 e. The number of nitrogens with one attached hydrogen (secondary N) is 1. The molecule has 1 heterocycles. The molecular weight excluding hydrogens is 464 g/mol. The Kier molecular flexibility index (Phi) is 9.06. The summed E-state index contributed by atoms with van der Waals surface area (Å²) >= 11 is 0. The van der Waals surface area contributed by atoms with Gasteiger partial charge in [-0.15, -0.1) is 0 Å². The van der Waals surface area contributed by atoms with E-state index in [1.165, 1.54) is 7.11 Å². The number of aliphatic hydroxyl groups is 1. The molecule has 9 heteroatoms. The summed E-state index contributed by atoms with van der Waals surface area (Å²) in [6.07, 6.45) is -0.268. The molecule has 0 aromatic heterocycles. The average molecular weight is 499 g/mol. The molecule has 0 saturated heterocycles. The van der Waals surface area contributed by atoms with Crippen molar-refractivity contribution in [2.24, 2.45) is 4.99 Å². The van der Waals surface area contributed by atoms with E-state index < -0.39 is 29.1 Å². The highest BCUT2D eigenvalue weighted by molar-refractivity contribution is 6.01. The quantitative estimate of drug-likeness (QED) is 0.277. The van der Waals surface area contributed by atoms with Crippen LogP contribution in [-0.2, 0) is 23.9 Å². The minimum absolute atomic E-state index is 0.0442. The number of carbonyl (C=O) groups excluding carboxylic acids is 2. The van der Waals surface area contributed by atoms with Gasteiger partial charge in [-0.3, -0.25) is 14.4 Å². The molecule has 2 atom stereocenters. The van der Waals surface area contributed by atoms with Gasteiger partial charge in [0, 0.05) is 25.0 Å². The lowest BCUT2D eigenvalue weighted by Crippen LogP contribution is -2.48. The van der Waals surface area contributed by atoms with Crippen molar-refractivity contribution < 1.29 is 33.7 Å². The highest BCUT2D eigenvalue weighted by Gasteiger charge is 2.53. The van der Waals surface area contributed by atoms with Gasteiger partial charge in [0.25, 0.3) is 5.91 Å². The largest absolute Gasteiger partial charge is 0.494 e. The SMILES string of the molecule is CONC(=O)[C@@]1(CCC(=O)OC(C)(C)C)N=C(c2ccc(OCCCO)cc2)O[C@H]1c1ccccc1. The van der Waals surface area contributed by atoms with Crippen molar-refractivity contribution in [1.82, 2.24) is 5.48 Å². The molecule has 3 rings (SSSR count). The number of esters is 1. The van der Waals surface area contributed by atoms with Gasteiger partial charge in [0.15, 0.2) is 11.6 Å². The highest BCUT2D eigenvalue weighted by atomic mass is 16.6. The fourth-order valence-electron chi connectivity index (χ4n) is 3.86. The predicted molar refractivity (Wildman–Crippen MR) is 133 cm³/mol. The van der Waals surface area contributed by atoms with Gasteiger partial charge in [0.05, 0.1) is 13.7 Å². The maximum atomic E-state index is 13.4. The van der Waals surface area contributed by atoms with Gasteiger partial charge in [-0.2, -0.15) is 0 Å². The van der Waals surface area contributed by atoms with Gasteiger partial charge in [-0.1, -0.05) is 30.3 Å². The molecule has 2 aromatic carbocycles. The zero-order valence-corrected chi connectivity index (χ0v) is 21.2. The Morgan fingerprint density at radius 3 is 2.42 bits per heavy atom. The number of aliphatic hydroxyl groups excluding tert-OH is 1. The number of hydroxylamine groups is 1. The number of carbonyl (C=O) groups is 2. The molecule has 36 heavy (non-hydrogen) atoms. The molecule has 0 bridgehead atoms. The molecule has 194 valence electrons. The van der Waals surface area contributed by atoms with Crippen LogP contribution in [0.15, 0.2) is 59.6 Å². The van der Waals surface area contributed by atoms with E-state index in [9.17, 15) is 9.59 Å². The fourth-order valence-corrected chi connectivity index (χ4v) is 3.86. The Hall–Kier alpha value is -3.43. The third kappa shape index (κ3) is 6.83. The molecule has 0 unspecified atom stereocenters. The van der Waals surface area contributed by atoms with Gasteiger partial charge in [-0.05, 0) is 57.0 Å². The Bertz CT molecular complexity index is 1050. The molecule has 9 nitrogen and oxygen atoms in total. The molecule has 0 radical (unpaired) electrons. The second kappa shape index (κ2) is 12.0. The van der Waals surface area contributed by atoms with Gasteiger partial charge >= 0.3 is 5.97 Å². The maximum absolute atomic E-state index is 13.4. The van der Waals surface area contributed by atoms with E-state index in [0.29, 0.717) is 24.3 Å². The first-order valence-electron chi connectivity index (χ1n) is 11.9. The van der Waals surface area contributed by atoms with Crippen molar-refractivity contribution in [2.75, 3.05) is 20.3 Å². The Morgan fingerprint density at radius 2 is 1.81 bits per heavy atom. The average Bonchev–Trinajstić information content (AvgIpc) is 3.24. The first-order valence-corrected chi connectivity index (χ1v) is 11.9. The van der Waals surface area contributed by atoms with Crippen molar-refractivity contribution in [3.05, 3.63) is 65.7 Å². The summed E-state index contributed by atoms with van der Waals surface area (Å²) in [5.74, 6) is -0.0618. The summed E-state index contributed by atoms with van der Waals surface area (Å²) in [7, 11) is 1.34. The Morgan fingerprint density at radius 1 is 1.11 bits per heavy atom. The minimum atomic E-state index is -1.47. The third-order valence-electron chi connectivity index (χ3n) is 5.46. The topological polar surface area (TPSA) is 116 Å². The third-order valence-corrected chi connectivity index (χ3v) is 5.46. The fraction of sp³-hybridized carbons (Fsp3) is 0.444. The van der Waals surface area contributed by atoms with Gasteiger partial charge in [0.1, 0.15) is 11.4 Å². The number of hydrogen-bond donors (Lipinski definition) is 2. The van der Waals surface area contributed by atoms with E-state index >= 15 is 0 Å². The van der Waals surface area contributed by atoms with Crippen LogP contribution in [0.5, 0.6) is 5.75 Å². The van der Waals surface area contributed by atoms with E-state index in [2.05, 4.69) is 5.48 Å². The summed E-state index contributed by atoms with van der Waals surface area (Å²) in [6, 6.07) is 16.4. The van der Waals surface area contributed by atoms with Crippen LogP contribution in [0.4, 0.5) is 0 Å². The highest BCUT2D eigenvalue weighted by Crippen LogP contribution is 2.43. The second-order valence-corrected chi connectivity index (χ2v) is 9.42. The summed E-state index contributed by atoms with van der Waals surface area (Å²) in [4.78, 5) is 35.7. The molecule has 0 spiro atoms. The summed E-state index contributed by atoms with van der Waals surface area (Å²) in [5, 5.41) is 8.93. The molecule has 2 N–H and O–H groups in total. The molecule has 0 aliphatic carbocycles. The smallest absolute Gasteiger partial charge is 0.306 e. The van der Waals surface area contributed by atoms with Crippen molar-refractivity contribution in [2.45, 2.75) is 57.3 Å². The first kappa shape index (κ1) is 27.2. The summed E-state index contributed by atoms with van der Waals surface area (Å²) < 4.78 is 17.4. The minimum Gasteiger partial charge on any atom is -0.494 e. The normalized spacial score (nSPS) is 19.2. The van der Waals surface area contributed by atoms with Crippen molar-refractivity contribution in [1.29, 1.82) is 0 Å².